The number of hydrogen-bond acceptors (Lipinski definition) is 4. The van der Waals surface area contributed by atoms with Crippen molar-refractivity contribution < 1.29 is 35.9 Å². The van der Waals surface area contributed by atoms with Gasteiger partial charge in [0.25, 0.3) is 0 Å². The Morgan fingerprint density at radius 2 is 1.62 bits per heavy atom. The molecule has 2 aliphatic heterocycles. The molecule has 184 valence electrons. The van der Waals surface area contributed by atoms with Crippen molar-refractivity contribution in [2.24, 2.45) is 0 Å². The van der Waals surface area contributed by atoms with E-state index in [0.29, 0.717) is 22.3 Å². The SMILES string of the molecule is C[C@H]1[C@@H](c2cc(C(F)(F)F)cc(C(F)(F)F)c2)OC(=O)N1Cc1nc(N2CCCC2)ccc1Br. The van der Waals surface area contributed by atoms with Gasteiger partial charge in [-0.25, -0.2) is 9.78 Å². The highest BCUT2D eigenvalue weighted by molar-refractivity contribution is 9.10. The van der Waals surface area contributed by atoms with Gasteiger partial charge in [0.05, 0.1) is 29.4 Å². The lowest BCUT2D eigenvalue weighted by molar-refractivity contribution is -0.143. The van der Waals surface area contributed by atoms with Crippen LogP contribution in [0.25, 0.3) is 0 Å². The number of benzene rings is 1. The van der Waals surface area contributed by atoms with Crippen molar-refractivity contribution in [2.45, 2.75) is 50.8 Å². The van der Waals surface area contributed by atoms with Gasteiger partial charge in [0.15, 0.2) is 0 Å². The van der Waals surface area contributed by atoms with E-state index in [1.54, 1.807) is 6.07 Å². The molecule has 2 aromatic rings. The number of amides is 1. The smallest absolute Gasteiger partial charge is 0.416 e. The zero-order valence-electron chi connectivity index (χ0n) is 17.9. The summed E-state index contributed by atoms with van der Waals surface area (Å²) in [6, 6.07) is 4.04. The highest BCUT2D eigenvalue weighted by Crippen LogP contribution is 2.41. The molecule has 1 aromatic heterocycles. The van der Waals surface area contributed by atoms with Crippen molar-refractivity contribution in [1.82, 2.24) is 9.88 Å². The van der Waals surface area contributed by atoms with Gasteiger partial charge in [0.2, 0.25) is 0 Å². The van der Waals surface area contributed by atoms with Crippen LogP contribution in [0.3, 0.4) is 0 Å². The van der Waals surface area contributed by atoms with Crippen LogP contribution in [-0.2, 0) is 23.6 Å². The number of carbonyl (C=O) groups is 1. The third kappa shape index (κ3) is 4.96. The second-order valence-corrected chi connectivity index (χ2v) is 9.16. The molecular formula is C22H20BrF6N3O2. The summed E-state index contributed by atoms with van der Waals surface area (Å²) >= 11 is 3.40. The average molecular weight is 552 g/mol. The van der Waals surface area contributed by atoms with Gasteiger partial charge in [-0.3, -0.25) is 4.90 Å². The van der Waals surface area contributed by atoms with Crippen LogP contribution in [-0.4, -0.2) is 35.1 Å². The first-order chi connectivity index (χ1) is 15.8. The zero-order chi connectivity index (χ0) is 24.8. The maximum atomic E-state index is 13.3. The van der Waals surface area contributed by atoms with Gasteiger partial charge in [-0.2, -0.15) is 26.3 Å². The summed E-state index contributed by atoms with van der Waals surface area (Å²) in [5.74, 6) is 0.736. The van der Waals surface area contributed by atoms with Crippen molar-refractivity contribution in [3.05, 3.63) is 57.2 Å². The molecule has 5 nitrogen and oxygen atoms in total. The lowest BCUT2D eigenvalue weighted by Gasteiger charge is -2.23. The first kappa shape index (κ1) is 24.6. The fraction of sp³-hybridized carbons (Fsp3) is 0.455. The summed E-state index contributed by atoms with van der Waals surface area (Å²) in [4.78, 5) is 20.6. The number of ether oxygens (including phenoxy) is 1. The molecule has 2 saturated heterocycles. The maximum Gasteiger partial charge on any atom is 0.416 e. The third-order valence-electron chi connectivity index (χ3n) is 5.98. The van der Waals surface area contributed by atoms with Crippen molar-refractivity contribution >= 4 is 27.8 Å². The highest BCUT2D eigenvalue weighted by atomic mass is 79.9. The van der Waals surface area contributed by atoms with Crippen LogP contribution in [0.4, 0.5) is 37.0 Å². The first-order valence-corrected chi connectivity index (χ1v) is 11.3. The van der Waals surface area contributed by atoms with Gasteiger partial charge in [-0.1, -0.05) is 0 Å². The lowest BCUT2D eigenvalue weighted by atomic mass is 9.97. The van der Waals surface area contributed by atoms with E-state index in [2.05, 4.69) is 25.8 Å². The van der Waals surface area contributed by atoms with E-state index in [0.717, 1.165) is 31.7 Å². The highest BCUT2D eigenvalue weighted by Gasteiger charge is 2.43. The molecular weight excluding hydrogens is 532 g/mol. The Hall–Kier alpha value is -2.50. The number of nitrogens with zero attached hydrogens (tertiary/aromatic N) is 3. The monoisotopic (exact) mass is 551 g/mol. The Labute approximate surface area is 199 Å². The van der Waals surface area contributed by atoms with Crippen molar-refractivity contribution in [3.8, 4) is 0 Å². The number of alkyl halides is 6. The molecule has 4 rings (SSSR count). The Balaban J connectivity index is 1.63. The molecule has 12 heteroatoms. The van der Waals surface area contributed by atoms with E-state index in [9.17, 15) is 31.1 Å². The number of aromatic nitrogens is 1. The van der Waals surface area contributed by atoms with E-state index in [4.69, 9.17) is 4.74 Å². The molecule has 3 heterocycles. The van der Waals surface area contributed by atoms with E-state index < -0.39 is 41.7 Å². The third-order valence-corrected chi connectivity index (χ3v) is 6.71. The number of pyridine rings is 1. The summed E-state index contributed by atoms with van der Waals surface area (Å²) in [5, 5.41) is 0. The van der Waals surface area contributed by atoms with Gasteiger partial charge in [0.1, 0.15) is 11.9 Å². The molecule has 0 N–H and O–H groups in total. The molecule has 1 aromatic carbocycles. The first-order valence-electron chi connectivity index (χ1n) is 10.5. The largest absolute Gasteiger partial charge is 0.439 e. The number of hydrogen-bond donors (Lipinski definition) is 0. The summed E-state index contributed by atoms with van der Waals surface area (Å²) in [5.41, 5.74) is -2.78. The molecule has 2 aliphatic rings. The van der Waals surface area contributed by atoms with Gasteiger partial charge < -0.3 is 9.64 Å². The second kappa shape index (κ2) is 8.94. The lowest BCUT2D eigenvalue weighted by Crippen LogP contribution is -2.32. The number of anilines is 1. The van der Waals surface area contributed by atoms with Gasteiger partial charge in [0, 0.05) is 17.6 Å². The van der Waals surface area contributed by atoms with Crippen LogP contribution in [0.5, 0.6) is 0 Å². The predicted molar refractivity (Wildman–Crippen MR) is 114 cm³/mol. The minimum absolute atomic E-state index is 0.0240. The maximum absolute atomic E-state index is 13.3. The van der Waals surface area contributed by atoms with Crippen LogP contribution < -0.4 is 4.90 Å². The second-order valence-electron chi connectivity index (χ2n) is 8.30. The number of halogens is 7. The fourth-order valence-electron chi connectivity index (χ4n) is 4.17. The Kier molecular flexibility index (Phi) is 6.47. The van der Waals surface area contributed by atoms with Crippen LogP contribution in [0.1, 0.15) is 48.3 Å². The van der Waals surface area contributed by atoms with Crippen LogP contribution in [0, 0.1) is 0 Å². The Morgan fingerprint density at radius 3 is 2.18 bits per heavy atom. The normalized spacial score (nSPS) is 21.4. The Bertz CT molecular complexity index is 1050. The van der Waals surface area contributed by atoms with E-state index in [1.807, 2.05) is 6.07 Å². The van der Waals surface area contributed by atoms with Crippen molar-refractivity contribution in [1.29, 1.82) is 0 Å². The molecule has 2 atom stereocenters. The molecule has 0 spiro atoms. The standard InChI is InChI=1S/C22H20BrF6N3O2/c1-12-19(13-8-14(21(24,25)26)10-15(9-13)22(27,28)29)34-20(33)32(12)11-17-16(23)4-5-18(30-17)31-6-2-3-7-31/h4-5,8-10,12,19H,2-3,6-7,11H2,1H3/t12-,19-/m0/s1. The summed E-state index contributed by atoms with van der Waals surface area (Å²) in [6.45, 7) is 3.20. The minimum Gasteiger partial charge on any atom is -0.439 e. The summed E-state index contributed by atoms with van der Waals surface area (Å²) < 4.78 is 85.5. The van der Waals surface area contributed by atoms with Gasteiger partial charge in [-0.05, 0) is 71.6 Å². The minimum atomic E-state index is -4.99. The quantitative estimate of drug-likeness (QED) is 0.403. The Morgan fingerprint density at radius 1 is 1.03 bits per heavy atom. The predicted octanol–water partition coefficient (Wildman–Crippen LogP) is 6.56. The van der Waals surface area contributed by atoms with Crippen LogP contribution >= 0.6 is 15.9 Å². The van der Waals surface area contributed by atoms with E-state index in [1.165, 1.54) is 11.8 Å². The zero-order valence-corrected chi connectivity index (χ0v) is 19.5. The van der Waals surface area contributed by atoms with Crippen LogP contribution in [0.2, 0.25) is 0 Å². The number of cyclic esters (lactones) is 1. The molecule has 0 bridgehead atoms. The van der Waals surface area contributed by atoms with E-state index >= 15 is 0 Å². The van der Waals surface area contributed by atoms with Crippen molar-refractivity contribution in [2.75, 3.05) is 18.0 Å². The van der Waals surface area contributed by atoms with Gasteiger partial charge in [-0.15, -0.1) is 0 Å². The van der Waals surface area contributed by atoms with E-state index in [-0.39, 0.29) is 18.2 Å². The molecule has 34 heavy (non-hydrogen) atoms. The fourth-order valence-corrected chi connectivity index (χ4v) is 4.52. The number of rotatable bonds is 4. The van der Waals surface area contributed by atoms with Crippen molar-refractivity contribution in [3.63, 3.8) is 0 Å². The van der Waals surface area contributed by atoms with Crippen LogP contribution in [0.15, 0.2) is 34.8 Å². The molecule has 0 saturated carbocycles. The molecule has 2 fully saturated rings. The average Bonchev–Trinajstić information content (AvgIpc) is 3.38. The molecule has 0 unspecified atom stereocenters. The van der Waals surface area contributed by atoms with Gasteiger partial charge >= 0.3 is 18.4 Å². The molecule has 0 aliphatic carbocycles. The summed E-state index contributed by atoms with van der Waals surface area (Å²) in [6.07, 6.45) is -10.1. The molecule has 0 radical (unpaired) electrons. The summed E-state index contributed by atoms with van der Waals surface area (Å²) in [7, 11) is 0. The topological polar surface area (TPSA) is 45.7 Å². The molecule has 1 amide bonds. The number of carbonyl (C=O) groups excluding carboxylic acids is 1.